The molecule has 0 aromatic heterocycles. The van der Waals surface area contributed by atoms with E-state index in [1.807, 2.05) is 17.0 Å². The molecule has 4 atom stereocenters. The van der Waals surface area contributed by atoms with E-state index in [0.717, 1.165) is 38.8 Å². The molecule has 2 aliphatic rings. The number of nitrogens with zero attached hydrogens (tertiary/aromatic N) is 1. The Balaban J connectivity index is 1.60. The van der Waals surface area contributed by atoms with Gasteiger partial charge in [0.1, 0.15) is 6.61 Å². The zero-order valence-electron chi connectivity index (χ0n) is 17.4. The minimum atomic E-state index is -0.196. The van der Waals surface area contributed by atoms with Gasteiger partial charge in [-0.15, -0.1) is 0 Å². The molecule has 1 saturated heterocycles. The largest absolute Gasteiger partial charge is 0.368 e. The van der Waals surface area contributed by atoms with Crippen LogP contribution in [-0.4, -0.2) is 42.5 Å². The summed E-state index contributed by atoms with van der Waals surface area (Å²) in [4.78, 5) is 27.4. The molecule has 1 aliphatic carbocycles. The van der Waals surface area contributed by atoms with Crippen molar-refractivity contribution in [1.29, 1.82) is 0 Å². The molecule has 3 rings (SSSR count). The van der Waals surface area contributed by atoms with Crippen molar-refractivity contribution < 1.29 is 14.3 Å². The molecule has 0 bridgehead atoms. The van der Waals surface area contributed by atoms with Crippen LogP contribution < -0.4 is 5.32 Å². The highest BCUT2D eigenvalue weighted by Crippen LogP contribution is 2.26. The van der Waals surface area contributed by atoms with Crippen LogP contribution in [-0.2, 0) is 9.53 Å². The first-order chi connectivity index (χ1) is 13.4. The maximum absolute atomic E-state index is 13.1. The second-order valence-electron chi connectivity index (χ2n) is 8.95. The fourth-order valence-corrected chi connectivity index (χ4v) is 4.69. The number of rotatable bonds is 5. The summed E-state index contributed by atoms with van der Waals surface area (Å²) in [7, 11) is 0. The van der Waals surface area contributed by atoms with Crippen LogP contribution in [0.15, 0.2) is 24.3 Å². The van der Waals surface area contributed by atoms with Crippen LogP contribution in [0.2, 0.25) is 0 Å². The number of piperidine rings is 1. The second-order valence-corrected chi connectivity index (χ2v) is 8.95. The molecule has 1 N–H and O–H groups in total. The number of likely N-dealkylation sites (tertiary alicyclic amines) is 1. The van der Waals surface area contributed by atoms with Crippen molar-refractivity contribution in [3.63, 3.8) is 0 Å². The molecule has 1 aromatic rings. The van der Waals surface area contributed by atoms with Crippen molar-refractivity contribution >= 4 is 17.5 Å². The standard InChI is InChI=1S/C23H34N2O3/c1-16-7-6-8-19(12-16)28-15-22(26)24-21-10-5-4-9-20(21)23(27)25-13-17(2)11-18(3)14-25/h4-5,9-10,16-19H,6-8,11-15H2,1-3H3,(H,24,26). The average molecular weight is 387 g/mol. The summed E-state index contributed by atoms with van der Waals surface area (Å²) in [5, 5.41) is 2.89. The lowest BCUT2D eigenvalue weighted by molar-refractivity contribution is -0.123. The zero-order chi connectivity index (χ0) is 20.1. The summed E-state index contributed by atoms with van der Waals surface area (Å²) in [5.41, 5.74) is 1.13. The third-order valence-corrected chi connectivity index (χ3v) is 5.93. The van der Waals surface area contributed by atoms with Gasteiger partial charge in [-0.2, -0.15) is 0 Å². The molecule has 1 heterocycles. The number of para-hydroxylation sites is 1. The van der Waals surface area contributed by atoms with Gasteiger partial charge in [0.05, 0.1) is 17.4 Å². The third kappa shape index (κ3) is 5.57. The summed E-state index contributed by atoms with van der Waals surface area (Å²) in [5.74, 6) is 1.46. The van der Waals surface area contributed by atoms with E-state index in [9.17, 15) is 9.59 Å². The Bertz CT molecular complexity index is 680. The number of hydrogen-bond donors (Lipinski definition) is 1. The molecular weight excluding hydrogens is 352 g/mol. The van der Waals surface area contributed by atoms with Gasteiger partial charge >= 0.3 is 0 Å². The van der Waals surface area contributed by atoms with Crippen LogP contribution in [0.1, 0.15) is 63.2 Å². The molecule has 154 valence electrons. The van der Waals surface area contributed by atoms with Crippen molar-refractivity contribution in [3.05, 3.63) is 29.8 Å². The van der Waals surface area contributed by atoms with Gasteiger partial charge in [0.2, 0.25) is 5.91 Å². The highest BCUT2D eigenvalue weighted by molar-refractivity contribution is 6.04. The van der Waals surface area contributed by atoms with E-state index in [2.05, 4.69) is 26.1 Å². The lowest BCUT2D eigenvalue weighted by atomic mass is 9.89. The SMILES string of the molecule is CC1CCCC(OCC(=O)Nc2ccccc2C(=O)N2CC(C)CC(C)C2)C1. The molecule has 1 aromatic carbocycles. The van der Waals surface area contributed by atoms with Crippen molar-refractivity contribution in [1.82, 2.24) is 4.90 Å². The summed E-state index contributed by atoms with van der Waals surface area (Å²) in [6, 6.07) is 7.29. The van der Waals surface area contributed by atoms with E-state index in [1.165, 1.54) is 6.42 Å². The van der Waals surface area contributed by atoms with E-state index in [4.69, 9.17) is 4.74 Å². The smallest absolute Gasteiger partial charge is 0.255 e. The molecule has 0 spiro atoms. The fourth-order valence-electron chi connectivity index (χ4n) is 4.69. The van der Waals surface area contributed by atoms with Crippen LogP contribution in [0, 0.1) is 17.8 Å². The van der Waals surface area contributed by atoms with Crippen molar-refractivity contribution in [2.75, 3.05) is 25.0 Å². The Morgan fingerprint density at radius 3 is 2.46 bits per heavy atom. The molecule has 5 nitrogen and oxygen atoms in total. The minimum Gasteiger partial charge on any atom is -0.368 e. The molecule has 28 heavy (non-hydrogen) atoms. The molecule has 5 heteroatoms. The number of nitrogens with one attached hydrogen (secondary N) is 1. The van der Waals surface area contributed by atoms with Crippen LogP contribution in [0.25, 0.3) is 0 Å². The Morgan fingerprint density at radius 1 is 1.04 bits per heavy atom. The normalized spacial score (nSPS) is 28.0. The number of carbonyl (C=O) groups is 2. The first kappa shape index (κ1) is 20.8. The number of amides is 2. The monoisotopic (exact) mass is 386 g/mol. The van der Waals surface area contributed by atoms with E-state index in [-0.39, 0.29) is 24.5 Å². The molecule has 1 aliphatic heterocycles. The predicted molar refractivity (Wildman–Crippen MR) is 111 cm³/mol. The van der Waals surface area contributed by atoms with Gasteiger partial charge in [-0.05, 0) is 49.1 Å². The van der Waals surface area contributed by atoms with E-state index in [0.29, 0.717) is 29.0 Å². The maximum atomic E-state index is 13.1. The number of ether oxygens (including phenoxy) is 1. The first-order valence-electron chi connectivity index (χ1n) is 10.7. The van der Waals surface area contributed by atoms with Crippen LogP contribution in [0.4, 0.5) is 5.69 Å². The summed E-state index contributed by atoms with van der Waals surface area (Å²) in [6.45, 7) is 8.19. The highest BCUT2D eigenvalue weighted by atomic mass is 16.5. The van der Waals surface area contributed by atoms with Gasteiger partial charge in [-0.1, -0.05) is 45.7 Å². The van der Waals surface area contributed by atoms with Crippen molar-refractivity contribution in [2.24, 2.45) is 17.8 Å². The number of hydrogen-bond acceptors (Lipinski definition) is 3. The summed E-state index contributed by atoms with van der Waals surface area (Å²) >= 11 is 0. The van der Waals surface area contributed by atoms with E-state index in [1.54, 1.807) is 12.1 Å². The number of anilines is 1. The Labute approximate surface area is 168 Å². The number of benzene rings is 1. The van der Waals surface area contributed by atoms with Crippen LogP contribution >= 0.6 is 0 Å². The summed E-state index contributed by atoms with van der Waals surface area (Å²) < 4.78 is 5.82. The molecule has 4 unspecified atom stereocenters. The van der Waals surface area contributed by atoms with Gasteiger partial charge in [-0.25, -0.2) is 0 Å². The van der Waals surface area contributed by atoms with Crippen molar-refractivity contribution in [3.8, 4) is 0 Å². The van der Waals surface area contributed by atoms with Gasteiger partial charge in [-0.3, -0.25) is 9.59 Å². The molecule has 0 radical (unpaired) electrons. The molecular formula is C23H34N2O3. The maximum Gasteiger partial charge on any atom is 0.255 e. The molecule has 2 amide bonds. The van der Waals surface area contributed by atoms with Gasteiger partial charge < -0.3 is 15.0 Å². The Kier molecular flexibility index (Phi) is 7.11. The Morgan fingerprint density at radius 2 is 1.75 bits per heavy atom. The van der Waals surface area contributed by atoms with Gasteiger partial charge in [0, 0.05) is 13.1 Å². The second kappa shape index (κ2) is 9.55. The third-order valence-electron chi connectivity index (χ3n) is 5.93. The van der Waals surface area contributed by atoms with E-state index >= 15 is 0 Å². The average Bonchev–Trinajstić information content (AvgIpc) is 2.65. The van der Waals surface area contributed by atoms with Gasteiger partial charge in [0.15, 0.2) is 0 Å². The zero-order valence-corrected chi connectivity index (χ0v) is 17.4. The minimum absolute atomic E-state index is 0.00340. The van der Waals surface area contributed by atoms with Gasteiger partial charge in [0.25, 0.3) is 5.91 Å². The molecule has 1 saturated carbocycles. The quantitative estimate of drug-likeness (QED) is 0.819. The van der Waals surface area contributed by atoms with E-state index < -0.39 is 0 Å². The van der Waals surface area contributed by atoms with Crippen LogP contribution in [0.5, 0.6) is 0 Å². The first-order valence-corrected chi connectivity index (χ1v) is 10.7. The predicted octanol–water partition coefficient (Wildman–Crippen LogP) is 4.34. The Hall–Kier alpha value is -1.88. The fraction of sp³-hybridized carbons (Fsp3) is 0.652. The lowest BCUT2D eigenvalue weighted by Gasteiger charge is -2.35. The highest BCUT2D eigenvalue weighted by Gasteiger charge is 2.27. The summed E-state index contributed by atoms with van der Waals surface area (Å²) in [6.07, 6.45) is 5.78. The lowest BCUT2D eigenvalue weighted by Crippen LogP contribution is -2.42. The number of carbonyl (C=O) groups excluding carboxylic acids is 2. The molecule has 2 fully saturated rings. The topological polar surface area (TPSA) is 58.6 Å². The van der Waals surface area contributed by atoms with Crippen LogP contribution in [0.3, 0.4) is 0 Å². The van der Waals surface area contributed by atoms with Crippen molar-refractivity contribution in [2.45, 2.75) is 59.0 Å².